The maximum atomic E-state index is 12.4. The Kier molecular flexibility index (Phi) is 4.04. The number of anilines is 1. The Balaban J connectivity index is 1.45. The van der Waals surface area contributed by atoms with Gasteiger partial charge in [0.1, 0.15) is 0 Å². The maximum Gasteiger partial charge on any atom is 0.251 e. The number of thiazole rings is 1. The van der Waals surface area contributed by atoms with Gasteiger partial charge in [0.15, 0.2) is 5.13 Å². The largest absolute Gasteiger partial charge is 0.352 e. The number of amides is 1. The summed E-state index contributed by atoms with van der Waals surface area (Å²) in [6, 6.07) is 5.23. The van der Waals surface area contributed by atoms with E-state index in [1.165, 1.54) is 17.8 Å². The number of carbonyl (C=O) groups excluding carboxylic acids is 1. The summed E-state index contributed by atoms with van der Waals surface area (Å²) in [6.45, 7) is 0.700. The molecule has 1 aromatic carbocycles. The van der Waals surface area contributed by atoms with Gasteiger partial charge in [0, 0.05) is 12.1 Å². The van der Waals surface area contributed by atoms with Crippen molar-refractivity contribution in [1.29, 1.82) is 0 Å². The van der Waals surface area contributed by atoms with Gasteiger partial charge in [-0.2, -0.15) is 0 Å². The van der Waals surface area contributed by atoms with Gasteiger partial charge in [-0.15, -0.1) is 0 Å². The van der Waals surface area contributed by atoms with Crippen LogP contribution >= 0.6 is 11.3 Å². The SMILES string of the molecule is CS(=O)(=O)Nc1nc2ccc(C(=O)NC[C@H]3C[C@@H]4C=C[C@H]3C4)cc2s1. The summed E-state index contributed by atoms with van der Waals surface area (Å²) in [5.41, 5.74) is 1.24. The third kappa shape index (κ3) is 3.55. The molecule has 6 nitrogen and oxygen atoms in total. The minimum absolute atomic E-state index is 0.0975. The van der Waals surface area contributed by atoms with Gasteiger partial charge in [0.2, 0.25) is 10.0 Å². The molecule has 1 amide bonds. The summed E-state index contributed by atoms with van der Waals surface area (Å²) in [7, 11) is -3.36. The molecular weight excluding hydrogens is 358 g/mol. The van der Waals surface area contributed by atoms with Crippen LogP contribution in [0.3, 0.4) is 0 Å². The molecule has 4 rings (SSSR count). The van der Waals surface area contributed by atoms with Crippen LogP contribution in [0.2, 0.25) is 0 Å². The summed E-state index contributed by atoms with van der Waals surface area (Å²) >= 11 is 1.22. The van der Waals surface area contributed by atoms with Gasteiger partial charge in [-0.25, -0.2) is 13.4 Å². The highest BCUT2D eigenvalue weighted by molar-refractivity contribution is 7.92. The number of sulfonamides is 1. The van der Waals surface area contributed by atoms with Crippen molar-refractivity contribution in [3.8, 4) is 0 Å². The molecule has 2 aliphatic carbocycles. The molecular formula is C17H19N3O3S2. The lowest BCUT2D eigenvalue weighted by molar-refractivity contribution is 0.0945. The van der Waals surface area contributed by atoms with Crippen molar-refractivity contribution >= 4 is 42.6 Å². The lowest BCUT2D eigenvalue weighted by Gasteiger charge is -2.18. The standard InChI is InChI=1S/C17H19N3O3S2/c1-25(22,23)20-17-19-14-5-4-12(8-15(14)24-17)16(21)18-9-13-7-10-2-3-11(13)6-10/h2-5,8,10-11,13H,6-7,9H2,1H3,(H,18,21)(H,19,20)/t10-,11+,13-/m1/s1. The average Bonchev–Trinajstić information content (AvgIpc) is 3.24. The number of nitrogens with one attached hydrogen (secondary N) is 2. The number of hydrogen-bond acceptors (Lipinski definition) is 5. The van der Waals surface area contributed by atoms with E-state index in [0.29, 0.717) is 40.5 Å². The maximum absolute atomic E-state index is 12.4. The number of rotatable bonds is 5. The number of hydrogen-bond donors (Lipinski definition) is 2. The zero-order valence-electron chi connectivity index (χ0n) is 13.7. The van der Waals surface area contributed by atoms with Crippen molar-refractivity contribution in [1.82, 2.24) is 10.3 Å². The Morgan fingerprint density at radius 1 is 1.32 bits per heavy atom. The summed E-state index contributed by atoms with van der Waals surface area (Å²) < 4.78 is 25.8. The second-order valence-electron chi connectivity index (χ2n) is 6.83. The molecule has 2 bridgehead atoms. The van der Waals surface area contributed by atoms with Crippen LogP contribution in [0, 0.1) is 17.8 Å². The molecule has 1 heterocycles. The van der Waals surface area contributed by atoms with E-state index in [-0.39, 0.29) is 5.91 Å². The Labute approximate surface area is 150 Å². The van der Waals surface area contributed by atoms with Crippen LogP contribution in [0.15, 0.2) is 30.4 Å². The Hall–Kier alpha value is -1.93. The molecule has 1 fully saturated rings. The first-order valence-corrected chi connectivity index (χ1v) is 10.9. The van der Waals surface area contributed by atoms with E-state index in [2.05, 4.69) is 27.2 Å². The molecule has 2 N–H and O–H groups in total. The predicted octanol–water partition coefficient (Wildman–Crippen LogP) is 2.61. The van der Waals surface area contributed by atoms with Crippen LogP contribution in [0.25, 0.3) is 10.2 Å². The highest BCUT2D eigenvalue weighted by Crippen LogP contribution is 2.43. The van der Waals surface area contributed by atoms with Crippen molar-refractivity contribution < 1.29 is 13.2 Å². The van der Waals surface area contributed by atoms with E-state index in [1.54, 1.807) is 18.2 Å². The monoisotopic (exact) mass is 377 g/mol. The Morgan fingerprint density at radius 2 is 2.16 bits per heavy atom. The van der Waals surface area contributed by atoms with E-state index < -0.39 is 10.0 Å². The quantitative estimate of drug-likeness (QED) is 0.784. The average molecular weight is 377 g/mol. The predicted molar refractivity (Wildman–Crippen MR) is 99.3 cm³/mol. The number of aromatic nitrogens is 1. The fraction of sp³-hybridized carbons (Fsp3) is 0.412. The van der Waals surface area contributed by atoms with E-state index >= 15 is 0 Å². The third-order valence-electron chi connectivity index (χ3n) is 4.86. The van der Waals surface area contributed by atoms with E-state index in [0.717, 1.165) is 17.4 Å². The van der Waals surface area contributed by atoms with Crippen molar-refractivity contribution in [3.05, 3.63) is 35.9 Å². The third-order valence-corrected chi connectivity index (χ3v) is 6.49. The van der Waals surface area contributed by atoms with E-state index in [4.69, 9.17) is 0 Å². The molecule has 0 aliphatic heterocycles. The van der Waals surface area contributed by atoms with Crippen LogP contribution in [0.5, 0.6) is 0 Å². The molecule has 25 heavy (non-hydrogen) atoms. The minimum Gasteiger partial charge on any atom is -0.352 e. The van der Waals surface area contributed by atoms with Crippen molar-refractivity contribution in [2.45, 2.75) is 12.8 Å². The lowest BCUT2D eigenvalue weighted by atomic mass is 9.93. The topological polar surface area (TPSA) is 88.2 Å². The molecule has 2 aromatic rings. The molecule has 0 spiro atoms. The first-order chi connectivity index (χ1) is 11.9. The molecule has 132 valence electrons. The van der Waals surface area contributed by atoms with Crippen LogP contribution in [0.1, 0.15) is 23.2 Å². The zero-order valence-corrected chi connectivity index (χ0v) is 15.4. The lowest BCUT2D eigenvalue weighted by Crippen LogP contribution is -2.30. The first kappa shape index (κ1) is 16.5. The number of allylic oxidation sites excluding steroid dienone is 2. The fourth-order valence-electron chi connectivity index (χ4n) is 3.72. The number of fused-ring (bicyclic) bond motifs is 3. The van der Waals surface area contributed by atoms with Crippen LogP contribution in [-0.4, -0.2) is 32.1 Å². The summed E-state index contributed by atoms with van der Waals surface area (Å²) in [4.78, 5) is 16.7. The first-order valence-electron chi connectivity index (χ1n) is 8.22. The molecule has 0 radical (unpaired) electrons. The molecule has 1 aromatic heterocycles. The van der Waals surface area contributed by atoms with Gasteiger partial charge in [0.05, 0.1) is 16.5 Å². The number of benzene rings is 1. The van der Waals surface area contributed by atoms with Crippen LogP contribution < -0.4 is 10.0 Å². The second-order valence-corrected chi connectivity index (χ2v) is 9.61. The molecule has 0 unspecified atom stereocenters. The van der Waals surface area contributed by atoms with Crippen molar-refractivity contribution in [2.75, 3.05) is 17.5 Å². The summed E-state index contributed by atoms with van der Waals surface area (Å²) in [5.74, 6) is 1.75. The minimum atomic E-state index is -3.36. The van der Waals surface area contributed by atoms with Crippen LogP contribution in [0.4, 0.5) is 5.13 Å². The highest BCUT2D eigenvalue weighted by Gasteiger charge is 2.35. The van der Waals surface area contributed by atoms with Gasteiger partial charge in [-0.05, 0) is 48.8 Å². The van der Waals surface area contributed by atoms with E-state index in [9.17, 15) is 13.2 Å². The molecule has 8 heteroatoms. The van der Waals surface area contributed by atoms with Gasteiger partial charge in [0.25, 0.3) is 5.91 Å². The van der Waals surface area contributed by atoms with E-state index in [1.807, 2.05) is 0 Å². The number of nitrogens with zero attached hydrogens (tertiary/aromatic N) is 1. The summed E-state index contributed by atoms with van der Waals surface area (Å²) in [5, 5.41) is 3.34. The van der Waals surface area contributed by atoms with Crippen LogP contribution in [-0.2, 0) is 10.0 Å². The molecule has 3 atom stereocenters. The van der Waals surface area contributed by atoms with Gasteiger partial charge < -0.3 is 5.32 Å². The second kappa shape index (κ2) is 6.10. The van der Waals surface area contributed by atoms with Crippen molar-refractivity contribution in [3.63, 3.8) is 0 Å². The van der Waals surface area contributed by atoms with Crippen molar-refractivity contribution in [2.24, 2.45) is 17.8 Å². The Morgan fingerprint density at radius 3 is 2.84 bits per heavy atom. The number of carbonyl (C=O) groups is 1. The fourth-order valence-corrected chi connectivity index (χ4v) is 5.46. The normalized spacial score (nSPS) is 24.8. The van der Waals surface area contributed by atoms with Gasteiger partial charge in [-0.3, -0.25) is 9.52 Å². The summed E-state index contributed by atoms with van der Waals surface area (Å²) in [6.07, 6.45) is 8.05. The highest BCUT2D eigenvalue weighted by atomic mass is 32.2. The molecule has 2 aliphatic rings. The van der Waals surface area contributed by atoms with Gasteiger partial charge >= 0.3 is 0 Å². The van der Waals surface area contributed by atoms with Gasteiger partial charge in [-0.1, -0.05) is 23.5 Å². The Bertz CT molecular complexity index is 965. The molecule has 1 saturated carbocycles. The smallest absolute Gasteiger partial charge is 0.251 e. The zero-order chi connectivity index (χ0) is 17.6. The molecule has 0 saturated heterocycles.